The van der Waals surface area contributed by atoms with Crippen molar-refractivity contribution in [3.8, 4) is 5.75 Å². The molecular weight excluding hydrogens is 429 g/mol. The van der Waals surface area contributed by atoms with Crippen LogP contribution in [0.25, 0.3) is 0 Å². The second-order valence-corrected chi connectivity index (χ2v) is 7.38. The number of rotatable bonds is 9. The van der Waals surface area contributed by atoms with Gasteiger partial charge < -0.3 is 24.5 Å². The van der Waals surface area contributed by atoms with E-state index in [1.807, 2.05) is 0 Å². The fourth-order valence-electron chi connectivity index (χ4n) is 2.95. The minimum Gasteiger partial charge on any atom is -0.484 e. The van der Waals surface area contributed by atoms with Crippen molar-refractivity contribution in [3.05, 3.63) is 59.2 Å². The fourth-order valence-corrected chi connectivity index (χ4v) is 3.07. The maximum absolute atomic E-state index is 13.4. The molecule has 8 nitrogen and oxygen atoms in total. The number of ether oxygens (including phenoxy) is 2. The zero-order chi connectivity index (χ0) is 22.2. The molecule has 3 rings (SSSR count). The van der Waals surface area contributed by atoms with Gasteiger partial charge in [-0.2, -0.15) is 0 Å². The average molecular weight is 452 g/mol. The molecule has 0 atom stereocenters. The lowest BCUT2D eigenvalue weighted by molar-refractivity contribution is -0.122. The number of carbonyl (C=O) groups excluding carboxylic acids is 2. The molecule has 0 spiro atoms. The summed E-state index contributed by atoms with van der Waals surface area (Å²) in [5.41, 5.74) is 0.400. The van der Waals surface area contributed by atoms with Gasteiger partial charge in [0.25, 0.3) is 11.8 Å². The lowest BCUT2D eigenvalue weighted by Crippen LogP contribution is -2.30. The number of halogens is 2. The van der Waals surface area contributed by atoms with Crippen molar-refractivity contribution in [2.45, 2.75) is 25.2 Å². The lowest BCUT2D eigenvalue weighted by Gasteiger charge is -2.18. The normalized spacial score (nSPS) is 14.1. The van der Waals surface area contributed by atoms with Gasteiger partial charge in [0.05, 0.1) is 11.2 Å². The van der Waals surface area contributed by atoms with E-state index in [4.69, 9.17) is 25.5 Å². The van der Waals surface area contributed by atoms with E-state index in [1.54, 1.807) is 0 Å². The molecule has 166 valence electrons. The number of nitrogens with zero attached hydrogens (tertiary/aromatic N) is 1. The molecule has 0 unspecified atom stereocenters. The van der Waals surface area contributed by atoms with E-state index in [2.05, 4.69) is 22.2 Å². The highest BCUT2D eigenvalue weighted by Crippen LogP contribution is 2.26. The topological polar surface area (TPSA) is 103 Å². The number of carbonyl (C=O) groups is 2. The highest BCUT2D eigenvalue weighted by atomic mass is 35.5. The van der Waals surface area contributed by atoms with Gasteiger partial charge in [-0.1, -0.05) is 18.2 Å². The molecule has 1 aromatic carbocycles. The molecule has 1 aliphatic rings. The van der Waals surface area contributed by atoms with E-state index in [0.717, 1.165) is 18.9 Å². The Hall–Kier alpha value is -2.91. The Morgan fingerprint density at radius 3 is 2.84 bits per heavy atom. The Bertz CT molecular complexity index is 943. The standard InChI is InChI=1S/C21H23ClFN3O5/c1-13(26-19(27)12-30-15-2-3-16(22)17(23)10-15)4-7-24-20(28)18-11-25-21(31-18)14-5-8-29-9-6-14/h2-3,10-11,14H,1,4-9,12H2,(H,24,28)(H,26,27). The maximum atomic E-state index is 13.4. The highest BCUT2D eigenvalue weighted by Gasteiger charge is 2.22. The second kappa shape index (κ2) is 10.9. The Balaban J connectivity index is 1.35. The number of oxazole rings is 1. The van der Waals surface area contributed by atoms with E-state index in [-0.39, 0.29) is 35.6 Å². The van der Waals surface area contributed by atoms with E-state index >= 15 is 0 Å². The van der Waals surface area contributed by atoms with Crippen LogP contribution in [0.1, 0.15) is 41.6 Å². The van der Waals surface area contributed by atoms with Gasteiger partial charge >= 0.3 is 0 Å². The molecule has 2 heterocycles. The van der Waals surface area contributed by atoms with Crippen LogP contribution in [-0.4, -0.2) is 43.2 Å². The van der Waals surface area contributed by atoms with E-state index in [1.165, 1.54) is 18.3 Å². The summed E-state index contributed by atoms with van der Waals surface area (Å²) in [6, 6.07) is 3.89. The van der Waals surface area contributed by atoms with Crippen LogP contribution < -0.4 is 15.4 Å². The van der Waals surface area contributed by atoms with Crippen molar-refractivity contribution < 1.29 is 27.9 Å². The largest absolute Gasteiger partial charge is 0.484 e. The summed E-state index contributed by atoms with van der Waals surface area (Å²) in [5.74, 6) is -0.447. The summed E-state index contributed by atoms with van der Waals surface area (Å²) < 4.78 is 29.5. The number of nitrogens with one attached hydrogen (secondary N) is 2. The molecule has 31 heavy (non-hydrogen) atoms. The fraction of sp³-hybridized carbons (Fsp3) is 0.381. The van der Waals surface area contributed by atoms with Crippen molar-refractivity contribution in [3.63, 3.8) is 0 Å². The molecule has 2 N–H and O–H groups in total. The van der Waals surface area contributed by atoms with Crippen molar-refractivity contribution in [2.75, 3.05) is 26.4 Å². The average Bonchev–Trinajstić information content (AvgIpc) is 3.25. The summed E-state index contributed by atoms with van der Waals surface area (Å²) in [6.45, 7) is 4.98. The van der Waals surface area contributed by atoms with E-state index in [9.17, 15) is 14.0 Å². The smallest absolute Gasteiger partial charge is 0.288 e. The minimum atomic E-state index is -0.633. The van der Waals surface area contributed by atoms with Gasteiger partial charge in [0.2, 0.25) is 5.76 Å². The number of amides is 2. The Labute approximate surface area is 183 Å². The van der Waals surface area contributed by atoms with Gasteiger partial charge in [-0.05, 0) is 25.0 Å². The lowest BCUT2D eigenvalue weighted by atomic mass is 10.0. The molecule has 2 aromatic rings. The van der Waals surface area contributed by atoms with Gasteiger partial charge in [-0.25, -0.2) is 9.37 Å². The SMILES string of the molecule is C=C(CCNC(=O)c1cnc(C2CCOCC2)o1)NC(=O)COc1ccc(Cl)c(F)c1. The van der Waals surface area contributed by atoms with Crippen molar-refractivity contribution in [2.24, 2.45) is 0 Å². The van der Waals surface area contributed by atoms with Crippen molar-refractivity contribution in [1.29, 1.82) is 0 Å². The summed E-state index contributed by atoms with van der Waals surface area (Å²) in [6.07, 6.45) is 3.36. The summed E-state index contributed by atoms with van der Waals surface area (Å²) >= 11 is 5.59. The van der Waals surface area contributed by atoms with Gasteiger partial charge in [0, 0.05) is 43.9 Å². The number of benzene rings is 1. The highest BCUT2D eigenvalue weighted by molar-refractivity contribution is 6.30. The molecule has 0 bridgehead atoms. The van der Waals surface area contributed by atoms with Crippen LogP contribution in [0.4, 0.5) is 4.39 Å². The molecule has 0 radical (unpaired) electrons. The summed E-state index contributed by atoms with van der Waals surface area (Å²) in [5, 5.41) is 5.22. The van der Waals surface area contributed by atoms with Gasteiger partial charge in [-0.3, -0.25) is 9.59 Å². The molecule has 0 aliphatic carbocycles. The molecule has 2 amide bonds. The quantitative estimate of drug-likeness (QED) is 0.607. The molecular formula is C21H23ClFN3O5. The first kappa shape index (κ1) is 22.8. The molecule has 1 aromatic heterocycles. The van der Waals surface area contributed by atoms with Gasteiger partial charge in [-0.15, -0.1) is 0 Å². The summed E-state index contributed by atoms with van der Waals surface area (Å²) in [4.78, 5) is 28.3. The van der Waals surface area contributed by atoms with Crippen molar-refractivity contribution in [1.82, 2.24) is 15.6 Å². The van der Waals surface area contributed by atoms with Crippen LogP contribution in [0.2, 0.25) is 5.02 Å². The van der Waals surface area contributed by atoms with Crippen LogP contribution in [0.5, 0.6) is 5.75 Å². The third-order valence-electron chi connectivity index (χ3n) is 4.61. The van der Waals surface area contributed by atoms with Crippen LogP contribution in [0.3, 0.4) is 0 Å². The maximum Gasteiger partial charge on any atom is 0.288 e. The molecule has 1 fully saturated rings. The van der Waals surface area contributed by atoms with Crippen LogP contribution >= 0.6 is 11.6 Å². The Morgan fingerprint density at radius 2 is 2.10 bits per heavy atom. The predicted octanol–water partition coefficient (Wildman–Crippen LogP) is 3.19. The first-order chi connectivity index (χ1) is 14.9. The van der Waals surface area contributed by atoms with E-state index in [0.29, 0.717) is 31.2 Å². The first-order valence-electron chi connectivity index (χ1n) is 9.79. The van der Waals surface area contributed by atoms with Crippen LogP contribution in [-0.2, 0) is 9.53 Å². The molecule has 10 heteroatoms. The monoisotopic (exact) mass is 451 g/mol. The second-order valence-electron chi connectivity index (χ2n) is 6.97. The molecule has 1 saturated heterocycles. The molecule has 0 saturated carbocycles. The predicted molar refractivity (Wildman–Crippen MR) is 110 cm³/mol. The number of hydrogen-bond acceptors (Lipinski definition) is 6. The Morgan fingerprint density at radius 1 is 1.32 bits per heavy atom. The zero-order valence-corrected chi connectivity index (χ0v) is 17.5. The van der Waals surface area contributed by atoms with Gasteiger partial charge in [0.15, 0.2) is 12.5 Å². The zero-order valence-electron chi connectivity index (χ0n) is 16.8. The third kappa shape index (κ3) is 6.80. The Kier molecular flexibility index (Phi) is 8.02. The summed E-state index contributed by atoms with van der Waals surface area (Å²) in [7, 11) is 0. The van der Waals surface area contributed by atoms with Crippen LogP contribution in [0, 0.1) is 5.82 Å². The molecule has 1 aliphatic heterocycles. The minimum absolute atomic E-state index is 0.0302. The van der Waals surface area contributed by atoms with Gasteiger partial charge in [0.1, 0.15) is 11.6 Å². The van der Waals surface area contributed by atoms with E-state index < -0.39 is 17.6 Å². The first-order valence-corrected chi connectivity index (χ1v) is 10.2. The third-order valence-corrected chi connectivity index (χ3v) is 4.91. The number of aromatic nitrogens is 1. The van der Waals surface area contributed by atoms with Crippen LogP contribution in [0.15, 0.2) is 41.1 Å². The van der Waals surface area contributed by atoms with Crippen molar-refractivity contribution >= 4 is 23.4 Å². The number of hydrogen-bond donors (Lipinski definition) is 2.